The molecule has 0 radical (unpaired) electrons. The topological polar surface area (TPSA) is 25.8 Å². The van der Waals surface area contributed by atoms with Crippen molar-refractivity contribution in [1.82, 2.24) is 9.97 Å². The van der Waals surface area contributed by atoms with E-state index in [2.05, 4.69) is 37.7 Å². The van der Waals surface area contributed by atoms with E-state index in [9.17, 15) is 0 Å². The largest absolute Gasteiger partial charge is 0.222 e. The summed E-state index contributed by atoms with van der Waals surface area (Å²) in [4.78, 5) is 11.1. The fraction of sp³-hybridized carbons (Fsp3) is 0.500. The molecule has 16 heavy (non-hydrogen) atoms. The summed E-state index contributed by atoms with van der Waals surface area (Å²) >= 11 is 7.83. The lowest BCUT2D eigenvalue weighted by Crippen LogP contribution is -2.11. The molecule has 0 aliphatic heterocycles. The summed E-state index contributed by atoms with van der Waals surface area (Å²) in [6.45, 7) is 8.59. The zero-order chi connectivity index (χ0) is 11.9. The van der Waals surface area contributed by atoms with Gasteiger partial charge in [-0.1, -0.05) is 32.4 Å². The lowest BCUT2D eigenvalue weighted by molar-refractivity contribution is 0.401. The van der Waals surface area contributed by atoms with Gasteiger partial charge in [-0.3, -0.25) is 0 Å². The van der Waals surface area contributed by atoms with Crippen molar-refractivity contribution in [1.29, 1.82) is 0 Å². The number of fused-ring (bicyclic) bond motifs is 1. The summed E-state index contributed by atoms with van der Waals surface area (Å²) in [5.41, 5.74) is 0.184. The molecule has 0 bridgehead atoms. The number of halogens is 1. The number of aromatic nitrogens is 2. The number of hydrogen-bond donors (Lipinski definition) is 0. The monoisotopic (exact) mass is 254 g/mol. The Kier molecular flexibility index (Phi) is 2.93. The van der Waals surface area contributed by atoms with Gasteiger partial charge in [-0.2, -0.15) is 0 Å². The molecule has 0 fully saturated rings. The highest BCUT2D eigenvalue weighted by molar-refractivity contribution is 7.18. The van der Waals surface area contributed by atoms with Crippen molar-refractivity contribution in [3.8, 4) is 0 Å². The molecule has 0 spiro atoms. The normalized spacial score (nSPS) is 12.3. The number of rotatable bonds is 1. The maximum atomic E-state index is 6.16. The van der Waals surface area contributed by atoms with E-state index in [0.717, 1.165) is 22.5 Å². The van der Waals surface area contributed by atoms with Crippen LogP contribution in [0.25, 0.3) is 10.2 Å². The Labute approximate surface area is 105 Å². The van der Waals surface area contributed by atoms with Crippen LogP contribution in [0.4, 0.5) is 0 Å². The lowest BCUT2D eigenvalue weighted by atomic mass is 9.92. The third kappa shape index (κ3) is 2.53. The molecule has 2 aromatic heterocycles. The number of aryl methyl sites for hydroxylation is 1. The van der Waals surface area contributed by atoms with Gasteiger partial charge in [0.05, 0.1) is 0 Å². The summed E-state index contributed by atoms with van der Waals surface area (Å²) in [7, 11) is 0. The van der Waals surface area contributed by atoms with Crippen molar-refractivity contribution in [3.63, 3.8) is 0 Å². The zero-order valence-electron chi connectivity index (χ0n) is 9.97. The molecule has 0 aliphatic carbocycles. The van der Waals surface area contributed by atoms with E-state index < -0.39 is 0 Å². The van der Waals surface area contributed by atoms with E-state index in [0.29, 0.717) is 5.15 Å². The summed E-state index contributed by atoms with van der Waals surface area (Å²) in [6.07, 6.45) is 0.847. The first-order valence-corrected chi connectivity index (χ1v) is 6.47. The predicted octanol–water partition coefficient (Wildman–Crippen LogP) is 4.24. The third-order valence-electron chi connectivity index (χ3n) is 2.20. The first-order chi connectivity index (χ1) is 7.35. The minimum Gasteiger partial charge on any atom is -0.222 e. The van der Waals surface area contributed by atoms with Crippen LogP contribution in [-0.4, -0.2) is 9.97 Å². The Hall–Kier alpha value is -0.670. The SMILES string of the molecule is Cc1cc2c(Cl)nc(CC(C)(C)C)nc2s1. The minimum absolute atomic E-state index is 0.184. The molecule has 0 N–H and O–H groups in total. The fourth-order valence-corrected chi connectivity index (χ4v) is 2.80. The van der Waals surface area contributed by atoms with Crippen molar-refractivity contribution in [3.05, 3.63) is 21.9 Å². The maximum Gasteiger partial charge on any atom is 0.141 e. The maximum absolute atomic E-state index is 6.16. The van der Waals surface area contributed by atoms with Gasteiger partial charge in [0.15, 0.2) is 0 Å². The van der Waals surface area contributed by atoms with Crippen LogP contribution in [0.1, 0.15) is 31.5 Å². The van der Waals surface area contributed by atoms with E-state index in [4.69, 9.17) is 11.6 Å². The average molecular weight is 255 g/mol. The molecule has 0 aromatic carbocycles. The molecule has 2 heterocycles. The highest BCUT2D eigenvalue weighted by Gasteiger charge is 2.16. The van der Waals surface area contributed by atoms with E-state index in [1.165, 1.54) is 4.88 Å². The molecule has 2 rings (SSSR count). The summed E-state index contributed by atoms with van der Waals surface area (Å²) in [5.74, 6) is 0.840. The van der Waals surface area contributed by atoms with E-state index >= 15 is 0 Å². The van der Waals surface area contributed by atoms with Crippen molar-refractivity contribution in [2.24, 2.45) is 5.41 Å². The summed E-state index contributed by atoms with van der Waals surface area (Å²) < 4.78 is 0. The molecule has 0 amide bonds. The smallest absolute Gasteiger partial charge is 0.141 e. The standard InChI is InChI=1S/C12H15ClN2S/c1-7-5-8-10(13)14-9(6-12(2,3)4)15-11(8)16-7/h5H,6H2,1-4H3. The molecular weight excluding hydrogens is 240 g/mol. The average Bonchev–Trinajstić information content (AvgIpc) is 2.42. The van der Waals surface area contributed by atoms with Crippen molar-refractivity contribution < 1.29 is 0 Å². The molecule has 86 valence electrons. The molecule has 0 saturated carbocycles. The molecule has 4 heteroatoms. The van der Waals surface area contributed by atoms with Crippen LogP contribution in [0.2, 0.25) is 5.15 Å². The van der Waals surface area contributed by atoms with Gasteiger partial charge in [0.2, 0.25) is 0 Å². The van der Waals surface area contributed by atoms with Crippen molar-refractivity contribution >= 4 is 33.2 Å². The molecule has 0 atom stereocenters. The Balaban J connectivity index is 2.49. The quantitative estimate of drug-likeness (QED) is 0.712. The number of hydrogen-bond acceptors (Lipinski definition) is 3. The van der Waals surface area contributed by atoms with Crippen LogP contribution >= 0.6 is 22.9 Å². The van der Waals surface area contributed by atoms with Gasteiger partial charge in [0.25, 0.3) is 0 Å². The van der Waals surface area contributed by atoms with E-state index in [-0.39, 0.29) is 5.41 Å². The van der Waals surface area contributed by atoms with Gasteiger partial charge >= 0.3 is 0 Å². The van der Waals surface area contributed by atoms with Gasteiger partial charge in [0, 0.05) is 16.7 Å². The predicted molar refractivity (Wildman–Crippen MR) is 70.3 cm³/mol. The van der Waals surface area contributed by atoms with Crippen LogP contribution < -0.4 is 0 Å². The zero-order valence-corrected chi connectivity index (χ0v) is 11.5. The van der Waals surface area contributed by atoms with Crippen molar-refractivity contribution in [2.45, 2.75) is 34.1 Å². The second-order valence-corrected chi connectivity index (χ2v) is 6.84. The van der Waals surface area contributed by atoms with Gasteiger partial charge in [-0.15, -0.1) is 11.3 Å². The van der Waals surface area contributed by atoms with Crippen LogP contribution in [0, 0.1) is 12.3 Å². The number of nitrogens with zero attached hydrogens (tertiary/aromatic N) is 2. The fourth-order valence-electron chi connectivity index (χ4n) is 1.60. The van der Waals surface area contributed by atoms with Gasteiger partial charge < -0.3 is 0 Å². The highest BCUT2D eigenvalue weighted by Crippen LogP contribution is 2.29. The number of thiophene rings is 1. The van der Waals surface area contributed by atoms with Crippen LogP contribution in [0.15, 0.2) is 6.07 Å². The highest BCUT2D eigenvalue weighted by atomic mass is 35.5. The Morgan fingerprint density at radius 3 is 2.62 bits per heavy atom. The molecule has 0 unspecified atom stereocenters. The first-order valence-electron chi connectivity index (χ1n) is 5.28. The lowest BCUT2D eigenvalue weighted by Gasteiger charge is -2.16. The van der Waals surface area contributed by atoms with E-state index in [1.54, 1.807) is 11.3 Å². The van der Waals surface area contributed by atoms with Gasteiger partial charge in [-0.25, -0.2) is 9.97 Å². The van der Waals surface area contributed by atoms with Crippen LogP contribution in [0.3, 0.4) is 0 Å². The van der Waals surface area contributed by atoms with Crippen LogP contribution in [0.5, 0.6) is 0 Å². The summed E-state index contributed by atoms with van der Waals surface area (Å²) in [5, 5.41) is 1.55. The second kappa shape index (κ2) is 3.97. The van der Waals surface area contributed by atoms with Crippen LogP contribution in [-0.2, 0) is 6.42 Å². The third-order valence-corrected chi connectivity index (χ3v) is 3.44. The Morgan fingerprint density at radius 1 is 1.31 bits per heavy atom. The molecular formula is C12H15ClN2S. The second-order valence-electron chi connectivity index (χ2n) is 5.24. The van der Waals surface area contributed by atoms with Gasteiger partial charge in [0.1, 0.15) is 15.8 Å². The Bertz CT molecular complexity index is 526. The molecule has 2 nitrogen and oxygen atoms in total. The molecule has 0 aliphatic rings. The minimum atomic E-state index is 0.184. The van der Waals surface area contributed by atoms with E-state index in [1.807, 2.05) is 6.07 Å². The summed E-state index contributed by atoms with van der Waals surface area (Å²) in [6, 6.07) is 2.04. The molecule has 2 aromatic rings. The van der Waals surface area contributed by atoms with Crippen molar-refractivity contribution in [2.75, 3.05) is 0 Å². The van der Waals surface area contributed by atoms with Gasteiger partial charge in [-0.05, 0) is 18.4 Å². The Morgan fingerprint density at radius 2 is 2.00 bits per heavy atom. The first kappa shape index (κ1) is 11.8. The molecule has 0 saturated heterocycles.